The Balaban J connectivity index is 2.25. The molecule has 3 rings (SSSR count). The third-order valence-corrected chi connectivity index (χ3v) is 6.18. The van der Waals surface area contributed by atoms with Gasteiger partial charge in [-0.1, -0.05) is 60.2 Å². The van der Waals surface area contributed by atoms with Crippen molar-refractivity contribution >= 4 is 26.6 Å². The van der Waals surface area contributed by atoms with Crippen molar-refractivity contribution in [3.05, 3.63) is 77.9 Å². The standard InChI is InChI=1S/C20H18O4S/c1-14-10-12-16(13-11-14)25(22,23)19(20(21)24-2)18-9-5-7-15-6-3-4-8-17(15)18/h3-13,19H,1-2H3. The monoisotopic (exact) mass is 354 g/mol. The first-order valence-corrected chi connectivity index (χ1v) is 9.36. The Bertz CT molecular complexity index is 1020. The molecule has 0 amide bonds. The molecule has 0 aliphatic carbocycles. The first-order valence-electron chi connectivity index (χ1n) is 7.81. The van der Waals surface area contributed by atoms with Crippen LogP contribution in [0.1, 0.15) is 16.4 Å². The number of benzene rings is 3. The molecule has 4 nitrogen and oxygen atoms in total. The van der Waals surface area contributed by atoms with Gasteiger partial charge in [0.15, 0.2) is 15.1 Å². The summed E-state index contributed by atoms with van der Waals surface area (Å²) in [6.07, 6.45) is 0. The molecule has 1 unspecified atom stereocenters. The normalized spacial score (nSPS) is 12.7. The Morgan fingerprint density at radius 2 is 1.56 bits per heavy atom. The maximum absolute atomic E-state index is 13.2. The fraction of sp³-hybridized carbons (Fsp3) is 0.150. The van der Waals surface area contributed by atoms with Crippen LogP contribution in [0.2, 0.25) is 0 Å². The van der Waals surface area contributed by atoms with E-state index >= 15 is 0 Å². The molecule has 3 aromatic rings. The highest BCUT2D eigenvalue weighted by molar-refractivity contribution is 7.92. The number of rotatable bonds is 4. The number of carbonyl (C=O) groups is 1. The van der Waals surface area contributed by atoms with E-state index in [1.807, 2.05) is 37.3 Å². The van der Waals surface area contributed by atoms with Gasteiger partial charge in [-0.15, -0.1) is 0 Å². The van der Waals surface area contributed by atoms with E-state index in [-0.39, 0.29) is 4.90 Å². The van der Waals surface area contributed by atoms with Crippen molar-refractivity contribution in [1.82, 2.24) is 0 Å². The smallest absolute Gasteiger partial charge is 0.329 e. The zero-order chi connectivity index (χ0) is 18.0. The van der Waals surface area contributed by atoms with Gasteiger partial charge in [0.2, 0.25) is 0 Å². The number of carbonyl (C=O) groups excluding carboxylic acids is 1. The Morgan fingerprint density at radius 1 is 0.920 bits per heavy atom. The fourth-order valence-corrected chi connectivity index (χ4v) is 4.55. The van der Waals surface area contributed by atoms with Crippen LogP contribution in [0.25, 0.3) is 10.8 Å². The summed E-state index contributed by atoms with van der Waals surface area (Å²) in [5, 5.41) is 0.176. The molecule has 3 aromatic carbocycles. The highest BCUT2D eigenvalue weighted by atomic mass is 32.2. The Labute approximate surface area is 147 Å². The summed E-state index contributed by atoms with van der Waals surface area (Å²) in [6, 6.07) is 19.1. The minimum absolute atomic E-state index is 0.0986. The molecule has 0 aliphatic heterocycles. The van der Waals surface area contributed by atoms with Crippen LogP contribution in [0.5, 0.6) is 0 Å². The SMILES string of the molecule is COC(=O)C(c1cccc2ccccc12)S(=O)(=O)c1ccc(C)cc1. The molecule has 0 bridgehead atoms. The molecule has 0 heterocycles. The van der Waals surface area contributed by atoms with Crippen LogP contribution in [-0.2, 0) is 19.4 Å². The van der Waals surface area contributed by atoms with E-state index in [0.717, 1.165) is 16.3 Å². The van der Waals surface area contributed by atoms with Gasteiger partial charge in [-0.3, -0.25) is 4.79 Å². The summed E-state index contributed by atoms with van der Waals surface area (Å²) in [5.41, 5.74) is 1.37. The zero-order valence-electron chi connectivity index (χ0n) is 14.0. The molecule has 0 saturated carbocycles. The Hall–Kier alpha value is -2.66. The summed E-state index contributed by atoms with van der Waals surface area (Å²) in [7, 11) is -2.75. The van der Waals surface area contributed by atoms with Crippen LogP contribution in [0.15, 0.2) is 71.6 Å². The van der Waals surface area contributed by atoms with Crippen LogP contribution >= 0.6 is 0 Å². The van der Waals surface area contributed by atoms with Gasteiger partial charge >= 0.3 is 5.97 Å². The number of sulfone groups is 1. The number of esters is 1. The number of hydrogen-bond donors (Lipinski definition) is 0. The van der Waals surface area contributed by atoms with Crippen LogP contribution in [0.4, 0.5) is 0 Å². The maximum atomic E-state index is 13.2. The summed E-state index contributed by atoms with van der Waals surface area (Å²) in [5.74, 6) is -0.795. The van der Waals surface area contributed by atoms with Crippen molar-refractivity contribution in [2.45, 2.75) is 17.1 Å². The molecule has 1 atom stereocenters. The molecular weight excluding hydrogens is 336 g/mol. The molecule has 0 spiro atoms. The number of fused-ring (bicyclic) bond motifs is 1. The average Bonchev–Trinajstić information content (AvgIpc) is 2.62. The summed E-state index contributed by atoms with van der Waals surface area (Å²) in [6.45, 7) is 1.87. The highest BCUT2D eigenvalue weighted by Crippen LogP contribution is 2.34. The highest BCUT2D eigenvalue weighted by Gasteiger charge is 2.37. The summed E-state index contributed by atoms with van der Waals surface area (Å²) < 4.78 is 31.2. The second-order valence-corrected chi connectivity index (χ2v) is 7.86. The van der Waals surface area contributed by atoms with Gasteiger partial charge in [-0.2, -0.15) is 0 Å². The molecule has 5 heteroatoms. The molecule has 0 saturated heterocycles. The number of aryl methyl sites for hydroxylation is 1. The lowest BCUT2D eigenvalue weighted by atomic mass is 10.0. The second-order valence-electron chi connectivity index (χ2n) is 5.83. The number of methoxy groups -OCH3 is 1. The third-order valence-electron chi connectivity index (χ3n) is 4.18. The zero-order valence-corrected chi connectivity index (χ0v) is 14.8. The van der Waals surface area contributed by atoms with Crippen LogP contribution in [0.3, 0.4) is 0 Å². The van der Waals surface area contributed by atoms with Gasteiger partial charge in [0.05, 0.1) is 12.0 Å². The fourth-order valence-electron chi connectivity index (χ4n) is 2.87. The summed E-state index contributed by atoms with van der Waals surface area (Å²) in [4.78, 5) is 12.5. The molecule has 0 aliphatic rings. The van der Waals surface area contributed by atoms with E-state index in [0.29, 0.717) is 5.56 Å². The largest absolute Gasteiger partial charge is 0.468 e. The van der Waals surface area contributed by atoms with Gasteiger partial charge in [0.1, 0.15) is 0 Å². The maximum Gasteiger partial charge on any atom is 0.329 e. The lowest BCUT2D eigenvalue weighted by Gasteiger charge is -2.18. The third kappa shape index (κ3) is 3.15. The van der Waals surface area contributed by atoms with Crippen LogP contribution in [0, 0.1) is 6.92 Å². The van der Waals surface area contributed by atoms with Crippen molar-refractivity contribution < 1.29 is 17.9 Å². The predicted molar refractivity (Wildman–Crippen MR) is 97.1 cm³/mol. The van der Waals surface area contributed by atoms with Gasteiger partial charge in [0.25, 0.3) is 0 Å². The lowest BCUT2D eigenvalue weighted by molar-refractivity contribution is -0.140. The first kappa shape index (κ1) is 17.2. The quantitative estimate of drug-likeness (QED) is 0.668. The Morgan fingerprint density at radius 3 is 2.24 bits per heavy atom. The van der Waals surface area contributed by atoms with Crippen molar-refractivity contribution in [3.63, 3.8) is 0 Å². The van der Waals surface area contributed by atoms with Crippen molar-refractivity contribution in [3.8, 4) is 0 Å². The second kappa shape index (κ2) is 6.69. The van der Waals surface area contributed by atoms with Crippen LogP contribution in [-0.4, -0.2) is 21.5 Å². The number of hydrogen-bond acceptors (Lipinski definition) is 4. The van der Waals surface area contributed by atoms with Gasteiger partial charge < -0.3 is 4.74 Å². The minimum atomic E-state index is -3.95. The van der Waals surface area contributed by atoms with E-state index < -0.39 is 21.1 Å². The van der Waals surface area contributed by atoms with Gasteiger partial charge in [0, 0.05) is 0 Å². The van der Waals surface area contributed by atoms with Crippen molar-refractivity contribution in [2.24, 2.45) is 0 Å². The molecule has 0 radical (unpaired) electrons. The lowest BCUT2D eigenvalue weighted by Crippen LogP contribution is -2.24. The van der Waals surface area contributed by atoms with E-state index in [4.69, 9.17) is 4.74 Å². The topological polar surface area (TPSA) is 60.4 Å². The molecule has 0 aromatic heterocycles. The minimum Gasteiger partial charge on any atom is -0.468 e. The number of ether oxygens (including phenoxy) is 1. The van der Waals surface area contributed by atoms with E-state index in [1.54, 1.807) is 24.3 Å². The van der Waals surface area contributed by atoms with E-state index in [9.17, 15) is 13.2 Å². The van der Waals surface area contributed by atoms with Gasteiger partial charge in [-0.25, -0.2) is 8.42 Å². The van der Waals surface area contributed by atoms with Crippen molar-refractivity contribution in [2.75, 3.05) is 7.11 Å². The van der Waals surface area contributed by atoms with Crippen molar-refractivity contribution in [1.29, 1.82) is 0 Å². The molecule has 25 heavy (non-hydrogen) atoms. The van der Waals surface area contributed by atoms with E-state index in [2.05, 4.69) is 0 Å². The summed E-state index contributed by atoms with van der Waals surface area (Å²) >= 11 is 0. The first-order chi connectivity index (χ1) is 11.9. The predicted octanol–water partition coefficient (Wildman–Crippen LogP) is 3.84. The van der Waals surface area contributed by atoms with Gasteiger partial charge in [-0.05, 0) is 35.4 Å². The Kier molecular flexibility index (Phi) is 4.59. The molecule has 0 fully saturated rings. The average molecular weight is 354 g/mol. The molecule has 0 N–H and O–H groups in total. The molecule has 128 valence electrons. The van der Waals surface area contributed by atoms with E-state index in [1.165, 1.54) is 19.2 Å². The van der Waals surface area contributed by atoms with Crippen LogP contribution < -0.4 is 0 Å². The molecular formula is C20H18O4S.